The van der Waals surface area contributed by atoms with E-state index in [2.05, 4.69) is 12.1 Å². The Morgan fingerprint density at radius 1 is 1.32 bits per heavy atom. The first-order valence-electron chi connectivity index (χ1n) is 7.74. The van der Waals surface area contributed by atoms with Gasteiger partial charge >= 0.3 is 0 Å². The summed E-state index contributed by atoms with van der Waals surface area (Å²) in [5.41, 5.74) is 0.105. The highest BCUT2D eigenvalue weighted by atomic mass is 19.1. The zero-order valence-corrected chi connectivity index (χ0v) is 13.2. The van der Waals surface area contributed by atoms with E-state index in [1.165, 1.54) is 11.1 Å². The van der Waals surface area contributed by atoms with Crippen LogP contribution >= 0.6 is 0 Å². The van der Waals surface area contributed by atoms with Crippen molar-refractivity contribution in [2.45, 2.75) is 30.5 Å². The Morgan fingerprint density at radius 3 is 2.36 bits per heavy atom. The average Bonchev–Trinajstić information content (AvgIpc) is 3.09. The molecule has 1 aromatic rings. The van der Waals surface area contributed by atoms with Gasteiger partial charge in [-0.2, -0.15) is 0 Å². The van der Waals surface area contributed by atoms with E-state index in [9.17, 15) is 14.3 Å². The van der Waals surface area contributed by atoms with Crippen molar-refractivity contribution in [3.8, 4) is 0 Å². The van der Waals surface area contributed by atoms with Crippen molar-refractivity contribution in [3.63, 3.8) is 0 Å². The second-order valence-electron chi connectivity index (χ2n) is 6.83. The van der Waals surface area contributed by atoms with Crippen LogP contribution in [0.5, 0.6) is 0 Å². The normalized spacial score (nSPS) is 26.5. The highest BCUT2D eigenvalue weighted by Crippen LogP contribution is 2.37. The van der Waals surface area contributed by atoms with Crippen molar-refractivity contribution in [2.75, 3.05) is 33.8 Å². The van der Waals surface area contributed by atoms with Gasteiger partial charge in [-0.1, -0.05) is 24.3 Å². The number of halogens is 1. The lowest BCUT2D eigenvalue weighted by molar-refractivity contribution is -0.142. The number of hydrogen-bond acceptors (Lipinski definition) is 3. The predicted molar refractivity (Wildman–Crippen MR) is 82.4 cm³/mol. The van der Waals surface area contributed by atoms with Gasteiger partial charge in [0, 0.05) is 25.8 Å². The molecule has 1 fully saturated rings. The molecule has 1 aliphatic heterocycles. The zero-order valence-electron chi connectivity index (χ0n) is 13.2. The molecule has 1 heterocycles. The van der Waals surface area contributed by atoms with Crippen LogP contribution in [-0.2, 0) is 17.6 Å². The van der Waals surface area contributed by atoms with Crippen LogP contribution in [0.15, 0.2) is 24.3 Å². The third-order valence-corrected chi connectivity index (χ3v) is 5.21. The number of alkyl halides is 1. The number of likely N-dealkylation sites (N-methyl/N-ethyl adjacent to an activating group) is 1. The number of amides is 1. The second kappa shape index (κ2) is 5.32. The maximum atomic E-state index is 14.3. The highest BCUT2D eigenvalue weighted by Gasteiger charge is 2.51. The van der Waals surface area contributed by atoms with Gasteiger partial charge in [-0.25, -0.2) is 4.39 Å². The molecule has 1 aliphatic carbocycles. The van der Waals surface area contributed by atoms with Crippen LogP contribution in [-0.4, -0.2) is 65.8 Å². The van der Waals surface area contributed by atoms with Crippen LogP contribution in [0, 0.1) is 0 Å². The maximum Gasteiger partial charge on any atom is 0.243 e. The standard InChI is InChI=1S/C17H23FN2O2/c1-19(2)17(9-13-5-3-4-6-14(13)10-17)15(22)20-8-7-16(18,11-20)12-21/h3-6,21H,7-12H2,1-2H3. The molecule has 1 aromatic carbocycles. The molecular weight excluding hydrogens is 283 g/mol. The summed E-state index contributed by atoms with van der Waals surface area (Å²) in [6.45, 7) is -0.151. The first-order valence-corrected chi connectivity index (χ1v) is 7.74. The molecule has 22 heavy (non-hydrogen) atoms. The fourth-order valence-corrected chi connectivity index (χ4v) is 3.69. The molecule has 0 bridgehead atoms. The summed E-state index contributed by atoms with van der Waals surface area (Å²) in [5, 5.41) is 9.18. The van der Waals surface area contributed by atoms with Crippen molar-refractivity contribution < 1.29 is 14.3 Å². The molecule has 2 aliphatic rings. The lowest BCUT2D eigenvalue weighted by Crippen LogP contribution is -2.58. The summed E-state index contributed by atoms with van der Waals surface area (Å²) in [4.78, 5) is 16.7. The fourth-order valence-electron chi connectivity index (χ4n) is 3.69. The molecule has 1 saturated heterocycles. The van der Waals surface area contributed by atoms with Crippen LogP contribution in [0.3, 0.4) is 0 Å². The summed E-state index contributed by atoms with van der Waals surface area (Å²) >= 11 is 0. The lowest BCUT2D eigenvalue weighted by atomic mass is 9.92. The third-order valence-electron chi connectivity index (χ3n) is 5.21. The van der Waals surface area contributed by atoms with E-state index < -0.39 is 17.8 Å². The van der Waals surface area contributed by atoms with Crippen molar-refractivity contribution in [3.05, 3.63) is 35.4 Å². The summed E-state index contributed by atoms with van der Waals surface area (Å²) in [7, 11) is 3.82. The number of aliphatic hydroxyl groups is 1. The quantitative estimate of drug-likeness (QED) is 0.907. The first-order chi connectivity index (χ1) is 10.4. The van der Waals surface area contributed by atoms with Crippen molar-refractivity contribution in [1.82, 2.24) is 9.80 Å². The van der Waals surface area contributed by atoms with Gasteiger partial charge in [0.05, 0.1) is 13.2 Å². The topological polar surface area (TPSA) is 43.8 Å². The van der Waals surface area contributed by atoms with E-state index in [0.29, 0.717) is 19.4 Å². The van der Waals surface area contributed by atoms with Crippen molar-refractivity contribution >= 4 is 5.91 Å². The van der Waals surface area contributed by atoms with Gasteiger partial charge in [-0.3, -0.25) is 9.69 Å². The van der Waals surface area contributed by atoms with E-state index in [-0.39, 0.29) is 18.9 Å². The predicted octanol–water partition coefficient (Wildman–Crippen LogP) is 1.02. The Bertz CT molecular complexity index is 565. The van der Waals surface area contributed by atoms with Gasteiger partial charge in [-0.15, -0.1) is 0 Å². The number of rotatable bonds is 3. The zero-order chi connectivity index (χ0) is 16.0. The van der Waals surface area contributed by atoms with Crippen LogP contribution in [0.2, 0.25) is 0 Å². The van der Waals surface area contributed by atoms with Gasteiger partial charge in [-0.05, 0) is 25.2 Å². The number of likely N-dealkylation sites (tertiary alicyclic amines) is 1. The largest absolute Gasteiger partial charge is 0.393 e. The second-order valence-corrected chi connectivity index (χ2v) is 6.83. The minimum atomic E-state index is -1.64. The molecule has 0 spiro atoms. The molecule has 0 saturated carbocycles. The monoisotopic (exact) mass is 306 g/mol. The number of benzene rings is 1. The molecule has 0 radical (unpaired) electrons. The molecule has 1 amide bonds. The number of carbonyl (C=O) groups is 1. The first kappa shape index (κ1) is 15.4. The minimum absolute atomic E-state index is 0.00569. The van der Waals surface area contributed by atoms with Crippen molar-refractivity contribution in [2.24, 2.45) is 0 Å². The van der Waals surface area contributed by atoms with E-state index in [0.717, 1.165) is 0 Å². The molecule has 1 N–H and O–H groups in total. The number of carbonyl (C=O) groups excluding carboxylic acids is 1. The van der Waals surface area contributed by atoms with Gasteiger partial charge in [0.25, 0.3) is 0 Å². The average molecular weight is 306 g/mol. The van der Waals surface area contributed by atoms with E-state index in [4.69, 9.17) is 0 Å². The third kappa shape index (κ3) is 2.32. The molecule has 4 nitrogen and oxygen atoms in total. The summed E-state index contributed by atoms with van der Waals surface area (Å²) < 4.78 is 14.3. The summed E-state index contributed by atoms with van der Waals surface area (Å²) in [6.07, 6.45) is 1.53. The van der Waals surface area contributed by atoms with Crippen molar-refractivity contribution in [1.29, 1.82) is 0 Å². The molecule has 1 atom stereocenters. The van der Waals surface area contributed by atoms with Crippen LogP contribution < -0.4 is 0 Å². The van der Waals surface area contributed by atoms with E-state index >= 15 is 0 Å². The highest BCUT2D eigenvalue weighted by molar-refractivity contribution is 5.88. The number of nitrogens with zero attached hydrogens (tertiary/aromatic N) is 2. The van der Waals surface area contributed by atoms with Crippen LogP contribution in [0.25, 0.3) is 0 Å². The maximum absolute atomic E-state index is 14.3. The van der Waals surface area contributed by atoms with Gasteiger partial charge < -0.3 is 10.0 Å². The van der Waals surface area contributed by atoms with Gasteiger partial charge in [0.15, 0.2) is 5.67 Å². The smallest absolute Gasteiger partial charge is 0.243 e. The number of hydrogen-bond donors (Lipinski definition) is 1. The Labute approximate surface area is 130 Å². The lowest BCUT2D eigenvalue weighted by Gasteiger charge is -2.38. The Hall–Kier alpha value is -1.46. The van der Waals surface area contributed by atoms with Gasteiger partial charge in [0.2, 0.25) is 5.91 Å². The molecule has 1 unspecified atom stereocenters. The minimum Gasteiger partial charge on any atom is -0.393 e. The van der Waals surface area contributed by atoms with Crippen LogP contribution in [0.1, 0.15) is 17.5 Å². The molecule has 5 heteroatoms. The van der Waals surface area contributed by atoms with Gasteiger partial charge in [0.1, 0.15) is 5.54 Å². The SMILES string of the molecule is CN(C)C1(C(=O)N2CCC(F)(CO)C2)Cc2ccccc2C1. The fraction of sp³-hybridized carbons (Fsp3) is 0.588. The van der Waals surface area contributed by atoms with Crippen LogP contribution in [0.4, 0.5) is 4.39 Å². The number of fused-ring (bicyclic) bond motifs is 1. The molecule has 3 rings (SSSR count). The van der Waals surface area contributed by atoms with E-state index in [1.807, 2.05) is 31.1 Å². The number of aliphatic hydroxyl groups excluding tert-OH is 1. The Kier molecular flexibility index (Phi) is 3.73. The summed E-state index contributed by atoms with van der Waals surface area (Å²) in [5.74, 6) is -0.0262. The molecule has 0 aromatic heterocycles. The molecule has 120 valence electrons. The summed E-state index contributed by atoms with van der Waals surface area (Å²) in [6, 6.07) is 8.10. The Morgan fingerprint density at radius 2 is 1.91 bits per heavy atom. The Balaban J connectivity index is 1.86. The van der Waals surface area contributed by atoms with E-state index in [1.54, 1.807) is 4.90 Å². The molecular formula is C17H23FN2O2.